The van der Waals surface area contributed by atoms with E-state index >= 15 is 0 Å². The lowest BCUT2D eigenvalue weighted by molar-refractivity contribution is -0.139. The molecule has 1 aliphatic rings. The van der Waals surface area contributed by atoms with E-state index in [0.29, 0.717) is 17.1 Å². The van der Waals surface area contributed by atoms with Crippen molar-refractivity contribution in [3.63, 3.8) is 0 Å². The first-order valence-electron chi connectivity index (χ1n) is 8.18. The van der Waals surface area contributed by atoms with E-state index < -0.39 is 11.9 Å². The summed E-state index contributed by atoms with van der Waals surface area (Å²) < 4.78 is 21.6. The second-order valence-electron chi connectivity index (χ2n) is 5.49. The maximum atomic E-state index is 12.6. The Hall–Kier alpha value is -3.58. The summed E-state index contributed by atoms with van der Waals surface area (Å²) in [5.74, 6) is 1.83. The van der Waals surface area contributed by atoms with Crippen LogP contribution in [-0.4, -0.2) is 26.3 Å². The number of nitriles is 1. The zero-order valence-electron chi connectivity index (χ0n) is 15.4. The second kappa shape index (κ2) is 8.68. The molecule has 0 saturated heterocycles. The first-order valence-corrected chi connectivity index (χ1v) is 8.18. The van der Waals surface area contributed by atoms with E-state index in [2.05, 4.69) is 5.92 Å². The van der Waals surface area contributed by atoms with Crippen LogP contribution in [0.25, 0.3) is 0 Å². The Kier molecular flexibility index (Phi) is 6.35. The number of esters is 1. The topological polar surface area (TPSA) is 104 Å². The molecule has 140 valence electrons. The van der Waals surface area contributed by atoms with Crippen molar-refractivity contribution in [2.75, 3.05) is 20.3 Å². The van der Waals surface area contributed by atoms with Crippen LogP contribution in [0, 0.1) is 23.7 Å². The van der Waals surface area contributed by atoms with Gasteiger partial charge in [-0.2, -0.15) is 5.26 Å². The molecular weight excluding hydrogens is 348 g/mol. The van der Waals surface area contributed by atoms with Gasteiger partial charge in [-0.05, 0) is 19.9 Å². The fourth-order valence-electron chi connectivity index (χ4n) is 2.85. The number of rotatable bonds is 6. The van der Waals surface area contributed by atoms with Crippen molar-refractivity contribution in [1.29, 1.82) is 5.26 Å². The number of methoxy groups -OCH3 is 1. The van der Waals surface area contributed by atoms with Crippen LogP contribution in [0.5, 0.6) is 11.5 Å². The number of terminal acetylenes is 1. The van der Waals surface area contributed by atoms with Crippen LogP contribution in [0.15, 0.2) is 41.0 Å². The van der Waals surface area contributed by atoms with Gasteiger partial charge in [0.15, 0.2) is 11.5 Å². The van der Waals surface area contributed by atoms with Gasteiger partial charge in [-0.3, -0.25) is 0 Å². The average Bonchev–Trinajstić information content (AvgIpc) is 2.65. The standard InChI is InChI=1S/C20H20N2O5/c1-5-10-26-18-13(8-7-9-15(18)24-4)17-14(11-21)19(22)27-12(3)16(17)20(23)25-6-2/h1,7-9,17H,6,10,22H2,2-4H3. The van der Waals surface area contributed by atoms with Crippen molar-refractivity contribution in [3.8, 4) is 29.9 Å². The lowest BCUT2D eigenvalue weighted by atomic mass is 9.82. The molecule has 2 rings (SSSR count). The van der Waals surface area contributed by atoms with Gasteiger partial charge in [0.1, 0.15) is 24.0 Å². The van der Waals surface area contributed by atoms with Crippen LogP contribution in [-0.2, 0) is 14.3 Å². The third-order valence-corrected chi connectivity index (χ3v) is 3.94. The van der Waals surface area contributed by atoms with Crippen molar-refractivity contribution in [2.24, 2.45) is 5.73 Å². The van der Waals surface area contributed by atoms with E-state index in [0.717, 1.165) is 0 Å². The molecule has 0 bridgehead atoms. The van der Waals surface area contributed by atoms with E-state index in [1.54, 1.807) is 32.0 Å². The molecule has 0 radical (unpaired) electrons. The fraction of sp³-hybridized carbons (Fsp3) is 0.300. The number of ether oxygens (including phenoxy) is 4. The van der Waals surface area contributed by atoms with Crippen molar-refractivity contribution in [3.05, 3.63) is 46.6 Å². The average molecular weight is 368 g/mol. The van der Waals surface area contributed by atoms with Crippen LogP contribution in [0.4, 0.5) is 0 Å². The molecule has 1 aromatic rings. The summed E-state index contributed by atoms with van der Waals surface area (Å²) >= 11 is 0. The summed E-state index contributed by atoms with van der Waals surface area (Å²) in [5, 5.41) is 9.66. The number of para-hydroxylation sites is 1. The number of hydrogen-bond donors (Lipinski definition) is 1. The molecule has 0 aromatic heterocycles. The smallest absolute Gasteiger partial charge is 0.338 e. The molecule has 0 saturated carbocycles. The molecule has 0 fully saturated rings. The molecule has 27 heavy (non-hydrogen) atoms. The van der Waals surface area contributed by atoms with Gasteiger partial charge < -0.3 is 24.7 Å². The lowest BCUT2D eigenvalue weighted by Crippen LogP contribution is -2.26. The SMILES string of the molecule is C#CCOc1c(OC)cccc1C1C(C#N)=C(N)OC(C)=C1C(=O)OCC. The van der Waals surface area contributed by atoms with Gasteiger partial charge in [0.25, 0.3) is 0 Å². The van der Waals surface area contributed by atoms with Gasteiger partial charge >= 0.3 is 5.97 Å². The Labute approximate surface area is 158 Å². The van der Waals surface area contributed by atoms with Gasteiger partial charge in [-0.25, -0.2) is 4.79 Å². The first-order chi connectivity index (χ1) is 13.0. The molecule has 1 heterocycles. The molecule has 1 atom stereocenters. The van der Waals surface area contributed by atoms with Crippen LogP contribution in [0.2, 0.25) is 0 Å². The maximum absolute atomic E-state index is 12.6. The van der Waals surface area contributed by atoms with Crippen LogP contribution in [0.3, 0.4) is 0 Å². The number of nitrogens with zero attached hydrogens (tertiary/aromatic N) is 1. The third kappa shape index (κ3) is 3.83. The molecule has 0 aliphatic carbocycles. The normalized spacial score (nSPS) is 16.1. The highest BCUT2D eigenvalue weighted by molar-refractivity contribution is 5.93. The van der Waals surface area contributed by atoms with E-state index in [-0.39, 0.29) is 36.0 Å². The molecule has 1 aliphatic heterocycles. The highest BCUT2D eigenvalue weighted by atomic mass is 16.5. The lowest BCUT2D eigenvalue weighted by Gasteiger charge is -2.28. The van der Waals surface area contributed by atoms with E-state index in [1.165, 1.54) is 7.11 Å². The Morgan fingerprint density at radius 2 is 2.19 bits per heavy atom. The molecule has 0 spiro atoms. The molecule has 1 aromatic carbocycles. The maximum Gasteiger partial charge on any atom is 0.338 e. The molecular formula is C20H20N2O5. The van der Waals surface area contributed by atoms with E-state index in [4.69, 9.17) is 31.1 Å². The number of allylic oxidation sites excluding steroid dienone is 2. The molecule has 1 unspecified atom stereocenters. The van der Waals surface area contributed by atoms with Crippen LogP contribution in [0.1, 0.15) is 25.3 Å². The van der Waals surface area contributed by atoms with Gasteiger partial charge in [-0.1, -0.05) is 18.1 Å². The predicted molar refractivity (Wildman–Crippen MR) is 97.3 cm³/mol. The number of benzene rings is 1. The van der Waals surface area contributed by atoms with E-state index in [9.17, 15) is 10.1 Å². The first kappa shape index (κ1) is 19.7. The highest BCUT2D eigenvalue weighted by Gasteiger charge is 2.38. The van der Waals surface area contributed by atoms with Crippen molar-refractivity contribution < 1.29 is 23.7 Å². The number of nitrogens with two attached hydrogens (primary N) is 1. The van der Waals surface area contributed by atoms with Gasteiger partial charge in [0.05, 0.1) is 25.2 Å². The monoisotopic (exact) mass is 368 g/mol. The van der Waals surface area contributed by atoms with Crippen LogP contribution < -0.4 is 15.2 Å². The number of hydrogen-bond acceptors (Lipinski definition) is 7. The fourth-order valence-corrected chi connectivity index (χ4v) is 2.85. The Morgan fingerprint density at radius 3 is 2.78 bits per heavy atom. The van der Waals surface area contributed by atoms with Crippen molar-refractivity contribution in [1.82, 2.24) is 0 Å². The van der Waals surface area contributed by atoms with Gasteiger partial charge in [0.2, 0.25) is 5.88 Å². The van der Waals surface area contributed by atoms with E-state index in [1.807, 2.05) is 6.07 Å². The minimum absolute atomic E-state index is 0.0187. The number of carbonyl (C=O) groups excluding carboxylic acids is 1. The minimum Gasteiger partial charge on any atom is -0.493 e. The molecule has 7 nitrogen and oxygen atoms in total. The van der Waals surface area contributed by atoms with Gasteiger partial charge in [-0.15, -0.1) is 6.42 Å². The summed E-state index contributed by atoms with van der Waals surface area (Å²) in [7, 11) is 1.48. The molecule has 2 N–H and O–H groups in total. The van der Waals surface area contributed by atoms with Gasteiger partial charge in [0, 0.05) is 5.56 Å². The summed E-state index contributed by atoms with van der Waals surface area (Å²) in [5.41, 5.74) is 6.64. The summed E-state index contributed by atoms with van der Waals surface area (Å²) in [6.45, 7) is 3.42. The Bertz CT molecular complexity index is 887. The molecule has 7 heteroatoms. The summed E-state index contributed by atoms with van der Waals surface area (Å²) in [4.78, 5) is 12.6. The summed E-state index contributed by atoms with van der Waals surface area (Å²) in [6.07, 6.45) is 5.31. The van der Waals surface area contributed by atoms with Crippen molar-refractivity contribution >= 4 is 5.97 Å². The highest BCUT2D eigenvalue weighted by Crippen LogP contribution is 2.45. The Balaban J connectivity index is 2.74. The largest absolute Gasteiger partial charge is 0.493 e. The number of carbonyl (C=O) groups is 1. The quantitative estimate of drug-likeness (QED) is 0.607. The molecule has 0 amide bonds. The summed E-state index contributed by atoms with van der Waals surface area (Å²) in [6, 6.07) is 7.14. The second-order valence-corrected chi connectivity index (χ2v) is 5.49. The predicted octanol–water partition coefficient (Wildman–Crippen LogP) is 2.35. The van der Waals surface area contributed by atoms with Crippen LogP contribution >= 0.6 is 0 Å². The third-order valence-electron chi connectivity index (χ3n) is 3.94. The Morgan fingerprint density at radius 1 is 1.44 bits per heavy atom. The minimum atomic E-state index is -0.842. The zero-order valence-corrected chi connectivity index (χ0v) is 15.4. The van der Waals surface area contributed by atoms with Crippen molar-refractivity contribution in [2.45, 2.75) is 19.8 Å². The zero-order chi connectivity index (χ0) is 20.0.